The lowest BCUT2D eigenvalue weighted by molar-refractivity contribution is 0.181. The molecule has 1 aliphatic rings. The normalized spacial score (nSPS) is 18.8. The van der Waals surface area contributed by atoms with Crippen LogP contribution in [0.3, 0.4) is 0 Å². The Morgan fingerprint density at radius 1 is 1.38 bits per heavy atom. The molecule has 142 valence electrons. The van der Waals surface area contributed by atoms with Gasteiger partial charge in [0.1, 0.15) is 5.75 Å². The quantitative estimate of drug-likeness (QED) is 0.572. The molecule has 1 aromatic carbocycles. The van der Waals surface area contributed by atoms with Crippen LogP contribution in [0.15, 0.2) is 53.8 Å². The van der Waals surface area contributed by atoms with Crippen LogP contribution in [-0.2, 0) is 11.2 Å². The van der Waals surface area contributed by atoms with E-state index in [0.29, 0.717) is 11.8 Å². The Hall–Kier alpha value is -2.27. The number of nitrogens with zero attached hydrogens (tertiary/aromatic N) is 2. The summed E-state index contributed by atoms with van der Waals surface area (Å²) in [5, 5.41) is 0. The molecule has 1 aromatic rings. The smallest absolute Gasteiger partial charge is 0.216 e. The zero-order valence-electron chi connectivity index (χ0n) is 16.0. The number of aryl methyl sites for hydroxylation is 1. The predicted octanol–water partition coefficient (Wildman–Crippen LogP) is 3.37. The molecule has 1 saturated heterocycles. The molecule has 5 heteroatoms. The molecule has 0 saturated carbocycles. The van der Waals surface area contributed by atoms with Crippen LogP contribution in [0.5, 0.6) is 5.75 Å². The average molecular weight is 357 g/mol. The van der Waals surface area contributed by atoms with Gasteiger partial charge in [0.05, 0.1) is 14.2 Å². The Kier molecular flexibility index (Phi) is 8.22. The monoisotopic (exact) mass is 357 g/mol. The lowest BCUT2D eigenvalue weighted by Crippen LogP contribution is -2.37. The maximum Gasteiger partial charge on any atom is 0.216 e. The van der Waals surface area contributed by atoms with E-state index in [-0.39, 0.29) is 0 Å². The molecule has 1 atom stereocenters. The van der Waals surface area contributed by atoms with E-state index in [1.165, 1.54) is 37.2 Å². The molecule has 1 heterocycles. The molecular formula is C21H31N3O2. The van der Waals surface area contributed by atoms with E-state index in [4.69, 9.17) is 15.2 Å². The summed E-state index contributed by atoms with van der Waals surface area (Å²) >= 11 is 0. The first-order valence-corrected chi connectivity index (χ1v) is 9.18. The molecule has 26 heavy (non-hydrogen) atoms. The van der Waals surface area contributed by atoms with Crippen molar-refractivity contribution < 1.29 is 9.47 Å². The molecule has 0 aromatic heterocycles. The summed E-state index contributed by atoms with van der Waals surface area (Å²) in [5.74, 6) is 2.22. The van der Waals surface area contributed by atoms with E-state index in [2.05, 4.69) is 28.6 Å². The highest BCUT2D eigenvalue weighted by atomic mass is 16.5. The third-order valence-electron chi connectivity index (χ3n) is 4.81. The van der Waals surface area contributed by atoms with Crippen LogP contribution in [-0.4, -0.2) is 44.7 Å². The number of ether oxygens (including phenoxy) is 2. The number of rotatable bonds is 8. The fourth-order valence-corrected chi connectivity index (χ4v) is 3.54. The van der Waals surface area contributed by atoms with Gasteiger partial charge in [0.15, 0.2) is 0 Å². The van der Waals surface area contributed by atoms with Crippen LogP contribution >= 0.6 is 0 Å². The number of nitrogens with two attached hydrogens (primary N) is 1. The van der Waals surface area contributed by atoms with Gasteiger partial charge in [-0.3, -0.25) is 4.90 Å². The highest BCUT2D eigenvalue weighted by molar-refractivity contribution is 5.93. The molecule has 2 rings (SSSR count). The first-order valence-electron chi connectivity index (χ1n) is 9.18. The summed E-state index contributed by atoms with van der Waals surface area (Å²) in [6.45, 7) is 7.07. The van der Waals surface area contributed by atoms with Crippen molar-refractivity contribution >= 4 is 5.90 Å². The average Bonchev–Trinajstić information content (AvgIpc) is 2.67. The van der Waals surface area contributed by atoms with E-state index in [1.54, 1.807) is 14.2 Å². The van der Waals surface area contributed by atoms with Crippen molar-refractivity contribution in [3.8, 4) is 5.75 Å². The van der Waals surface area contributed by atoms with E-state index in [0.717, 1.165) is 37.4 Å². The summed E-state index contributed by atoms with van der Waals surface area (Å²) in [7, 11) is 3.35. The number of benzene rings is 1. The standard InChI is InChI=1S/C21H31N3O2/c1-17(21(26-3)23-13-12-22)15-24-14-6-7-18(16-24)10-11-19-8-4-5-9-20(19)25-2/h4-5,8-9,12-13,18H,1,6-7,10-11,14-16,22H2,2-3H3/b13-12-,23-21?. The van der Waals surface area contributed by atoms with Crippen molar-refractivity contribution in [2.75, 3.05) is 33.9 Å². The van der Waals surface area contributed by atoms with E-state index in [1.807, 2.05) is 12.1 Å². The van der Waals surface area contributed by atoms with Crippen LogP contribution in [0.2, 0.25) is 0 Å². The molecule has 0 spiro atoms. The minimum absolute atomic E-state index is 0.544. The first-order chi connectivity index (χ1) is 12.7. The fourth-order valence-electron chi connectivity index (χ4n) is 3.54. The minimum Gasteiger partial charge on any atom is -0.496 e. The highest BCUT2D eigenvalue weighted by Crippen LogP contribution is 2.25. The van der Waals surface area contributed by atoms with Crippen LogP contribution in [0.25, 0.3) is 0 Å². The van der Waals surface area contributed by atoms with Crippen molar-refractivity contribution in [3.05, 3.63) is 54.4 Å². The summed E-state index contributed by atoms with van der Waals surface area (Å²) in [5.41, 5.74) is 7.52. The molecule has 1 unspecified atom stereocenters. The lowest BCUT2D eigenvalue weighted by Gasteiger charge is -2.33. The second-order valence-corrected chi connectivity index (χ2v) is 6.68. The first kappa shape index (κ1) is 20.0. The number of hydrogen-bond donors (Lipinski definition) is 1. The van der Waals surface area contributed by atoms with Gasteiger partial charge in [-0.05, 0) is 49.8 Å². The predicted molar refractivity (Wildman–Crippen MR) is 107 cm³/mol. The SMILES string of the molecule is C=C(CN1CCCC(CCc2ccccc2OC)C1)C(=N/C=C\N)OC. The van der Waals surface area contributed by atoms with Gasteiger partial charge >= 0.3 is 0 Å². The second-order valence-electron chi connectivity index (χ2n) is 6.68. The molecule has 5 nitrogen and oxygen atoms in total. The van der Waals surface area contributed by atoms with Crippen LogP contribution in [0, 0.1) is 5.92 Å². The molecule has 0 radical (unpaired) electrons. The van der Waals surface area contributed by atoms with Crippen molar-refractivity contribution in [2.45, 2.75) is 25.7 Å². The molecule has 0 aliphatic carbocycles. The van der Waals surface area contributed by atoms with Crippen molar-refractivity contribution in [1.82, 2.24) is 4.90 Å². The molecule has 1 aliphatic heterocycles. The van der Waals surface area contributed by atoms with Gasteiger partial charge in [-0.2, -0.15) is 0 Å². The summed E-state index contributed by atoms with van der Waals surface area (Å²) in [6, 6.07) is 8.29. The molecule has 1 fully saturated rings. The van der Waals surface area contributed by atoms with E-state index >= 15 is 0 Å². The summed E-state index contributed by atoms with van der Waals surface area (Å²) in [6.07, 6.45) is 7.63. The Bertz CT molecular complexity index is 640. The van der Waals surface area contributed by atoms with Gasteiger partial charge in [-0.25, -0.2) is 4.99 Å². The molecule has 2 N–H and O–H groups in total. The van der Waals surface area contributed by atoms with Gasteiger partial charge in [0, 0.05) is 31.1 Å². The Morgan fingerprint density at radius 3 is 2.92 bits per heavy atom. The summed E-state index contributed by atoms with van der Waals surface area (Å²) in [4.78, 5) is 6.63. The van der Waals surface area contributed by atoms with Gasteiger partial charge < -0.3 is 15.2 Å². The Labute approximate surface area is 157 Å². The number of methoxy groups -OCH3 is 2. The Balaban J connectivity index is 1.87. The zero-order valence-corrected chi connectivity index (χ0v) is 16.0. The second kappa shape index (κ2) is 10.7. The summed E-state index contributed by atoms with van der Waals surface area (Å²) < 4.78 is 10.8. The van der Waals surface area contributed by atoms with Crippen LogP contribution in [0.4, 0.5) is 0 Å². The third kappa shape index (κ3) is 5.92. The van der Waals surface area contributed by atoms with Crippen molar-refractivity contribution in [3.63, 3.8) is 0 Å². The molecular weight excluding hydrogens is 326 g/mol. The van der Waals surface area contributed by atoms with Gasteiger partial charge in [0.2, 0.25) is 5.90 Å². The molecule has 0 bridgehead atoms. The largest absolute Gasteiger partial charge is 0.496 e. The molecule has 0 amide bonds. The van der Waals surface area contributed by atoms with Crippen LogP contribution < -0.4 is 10.5 Å². The van der Waals surface area contributed by atoms with Gasteiger partial charge in [0.25, 0.3) is 0 Å². The zero-order chi connectivity index (χ0) is 18.8. The highest BCUT2D eigenvalue weighted by Gasteiger charge is 2.21. The van der Waals surface area contributed by atoms with Gasteiger partial charge in [-0.15, -0.1) is 0 Å². The minimum atomic E-state index is 0.544. The third-order valence-corrected chi connectivity index (χ3v) is 4.81. The number of aliphatic imine (C=N–C) groups is 1. The van der Waals surface area contributed by atoms with Crippen molar-refractivity contribution in [1.29, 1.82) is 0 Å². The van der Waals surface area contributed by atoms with Crippen molar-refractivity contribution in [2.24, 2.45) is 16.6 Å². The topological polar surface area (TPSA) is 60.1 Å². The van der Waals surface area contributed by atoms with E-state index < -0.39 is 0 Å². The number of likely N-dealkylation sites (tertiary alicyclic amines) is 1. The maximum atomic E-state index is 5.47. The number of piperidine rings is 1. The number of hydrogen-bond acceptors (Lipinski definition) is 5. The van der Waals surface area contributed by atoms with Gasteiger partial charge in [-0.1, -0.05) is 24.8 Å². The lowest BCUT2D eigenvalue weighted by atomic mass is 9.91. The fraction of sp³-hybridized carbons (Fsp3) is 0.476. The Morgan fingerprint density at radius 2 is 2.19 bits per heavy atom. The number of para-hydroxylation sites is 1. The van der Waals surface area contributed by atoms with E-state index in [9.17, 15) is 0 Å². The van der Waals surface area contributed by atoms with Crippen LogP contribution in [0.1, 0.15) is 24.8 Å². The maximum absolute atomic E-state index is 5.47.